The molecule has 0 radical (unpaired) electrons. The number of benzene rings is 2. The van der Waals surface area contributed by atoms with Crippen LogP contribution in [0.1, 0.15) is 5.56 Å². The fourth-order valence-corrected chi connectivity index (χ4v) is 2.86. The molecular formula is C16H15ClN2S. The Morgan fingerprint density at radius 1 is 0.950 bits per heavy atom. The van der Waals surface area contributed by atoms with Crippen molar-refractivity contribution in [3.8, 4) is 16.9 Å². The van der Waals surface area contributed by atoms with Gasteiger partial charge in [0.15, 0.2) is 4.80 Å². The Hall–Kier alpha value is -1.84. The van der Waals surface area contributed by atoms with Gasteiger partial charge < -0.3 is 0 Å². The molecule has 1 N–H and O–H groups in total. The minimum Gasteiger partial charge on any atom is -0.286 e. The van der Waals surface area contributed by atoms with Crippen molar-refractivity contribution >= 4 is 23.7 Å². The molecule has 0 aliphatic rings. The van der Waals surface area contributed by atoms with E-state index < -0.39 is 0 Å². The second-order valence-corrected chi connectivity index (χ2v) is 5.32. The molecule has 1 aromatic heterocycles. The smallest absolute Gasteiger partial charge is 0.187 e. The van der Waals surface area contributed by atoms with E-state index in [4.69, 9.17) is 5.41 Å². The summed E-state index contributed by atoms with van der Waals surface area (Å²) in [6.45, 7) is 2.08. The molecule has 3 rings (SSSR count). The Bertz CT molecular complexity index is 742. The molecule has 2 nitrogen and oxygen atoms in total. The van der Waals surface area contributed by atoms with E-state index in [-0.39, 0.29) is 12.4 Å². The van der Waals surface area contributed by atoms with E-state index in [2.05, 4.69) is 31.2 Å². The van der Waals surface area contributed by atoms with Gasteiger partial charge in [0.25, 0.3) is 0 Å². The first-order valence-electron chi connectivity index (χ1n) is 6.13. The molecule has 3 aromatic rings. The number of nitrogens with zero attached hydrogens (tertiary/aromatic N) is 1. The minimum atomic E-state index is 0. The van der Waals surface area contributed by atoms with Crippen LogP contribution in [0.15, 0.2) is 60.0 Å². The lowest BCUT2D eigenvalue weighted by Crippen LogP contribution is -2.11. The van der Waals surface area contributed by atoms with Gasteiger partial charge in [-0.3, -0.25) is 9.98 Å². The number of rotatable bonds is 2. The Labute approximate surface area is 128 Å². The summed E-state index contributed by atoms with van der Waals surface area (Å²) in [6, 6.07) is 18.5. The van der Waals surface area contributed by atoms with Gasteiger partial charge >= 0.3 is 0 Å². The summed E-state index contributed by atoms with van der Waals surface area (Å²) in [6.07, 6.45) is 0. The summed E-state index contributed by atoms with van der Waals surface area (Å²) in [4.78, 5) is 0.543. The second-order valence-electron chi connectivity index (χ2n) is 4.46. The van der Waals surface area contributed by atoms with Crippen LogP contribution >= 0.6 is 23.7 Å². The van der Waals surface area contributed by atoms with Crippen molar-refractivity contribution in [2.45, 2.75) is 6.92 Å². The first-order valence-corrected chi connectivity index (χ1v) is 7.01. The lowest BCUT2D eigenvalue weighted by Gasteiger charge is -2.08. The summed E-state index contributed by atoms with van der Waals surface area (Å²) in [5.41, 5.74) is 4.49. The topological polar surface area (TPSA) is 28.8 Å². The maximum Gasteiger partial charge on any atom is 0.187 e. The predicted molar refractivity (Wildman–Crippen MR) is 86.9 cm³/mol. The van der Waals surface area contributed by atoms with Gasteiger partial charge in [-0.25, -0.2) is 0 Å². The van der Waals surface area contributed by atoms with Crippen LogP contribution in [0.25, 0.3) is 16.9 Å². The second kappa shape index (κ2) is 6.07. The molecule has 0 spiro atoms. The molecular weight excluding hydrogens is 288 g/mol. The maximum atomic E-state index is 8.10. The van der Waals surface area contributed by atoms with E-state index in [0.29, 0.717) is 4.80 Å². The highest BCUT2D eigenvalue weighted by Gasteiger charge is 2.08. The van der Waals surface area contributed by atoms with Crippen molar-refractivity contribution in [1.29, 1.82) is 5.41 Å². The number of halogens is 1. The van der Waals surface area contributed by atoms with E-state index in [1.165, 1.54) is 16.9 Å². The third-order valence-corrected chi connectivity index (χ3v) is 3.83. The molecule has 20 heavy (non-hydrogen) atoms. The number of aromatic nitrogens is 1. The predicted octanol–water partition coefficient (Wildman–Crippen LogP) is 4.42. The first-order chi connectivity index (χ1) is 9.25. The van der Waals surface area contributed by atoms with E-state index in [9.17, 15) is 0 Å². The maximum absolute atomic E-state index is 8.10. The molecule has 0 bridgehead atoms. The number of para-hydroxylation sites is 1. The third-order valence-electron chi connectivity index (χ3n) is 3.09. The molecule has 4 heteroatoms. The molecule has 0 atom stereocenters. The number of nitrogens with one attached hydrogen (secondary N) is 1. The molecule has 0 unspecified atom stereocenters. The summed E-state index contributed by atoms with van der Waals surface area (Å²) in [7, 11) is 0. The molecule has 102 valence electrons. The zero-order valence-electron chi connectivity index (χ0n) is 11.0. The fraction of sp³-hybridized carbons (Fsp3) is 0.0625. The molecule has 2 aromatic carbocycles. The quantitative estimate of drug-likeness (QED) is 0.726. The van der Waals surface area contributed by atoms with Gasteiger partial charge in [-0.15, -0.1) is 23.7 Å². The highest BCUT2D eigenvalue weighted by molar-refractivity contribution is 7.07. The van der Waals surface area contributed by atoms with Crippen LogP contribution in [-0.2, 0) is 0 Å². The summed E-state index contributed by atoms with van der Waals surface area (Å²) in [5, 5.41) is 10.1. The summed E-state index contributed by atoms with van der Waals surface area (Å²) in [5.74, 6) is 0. The van der Waals surface area contributed by atoms with E-state index in [1.807, 2.05) is 40.3 Å². The van der Waals surface area contributed by atoms with Gasteiger partial charge in [0.2, 0.25) is 0 Å². The van der Waals surface area contributed by atoms with Crippen LogP contribution < -0.4 is 4.80 Å². The van der Waals surface area contributed by atoms with Crippen LogP contribution in [0.3, 0.4) is 0 Å². The molecule has 0 aliphatic heterocycles. The first kappa shape index (κ1) is 14.6. The Morgan fingerprint density at radius 2 is 1.60 bits per heavy atom. The van der Waals surface area contributed by atoms with Gasteiger partial charge in [0.05, 0.1) is 5.69 Å². The van der Waals surface area contributed by atoms with Crippen LogP contribution in [0, 0.1) is 12.3 Å². The van der Waals surface area contributed by atoms with Crippen molar-refractivity contribution in [3.63, 3.8) is 0 Å². The SMILES string of the molecule is Cc1ccc(-c2csc(=N)n2-c2ccccc2)cc1.Cl. The summed E-state index contributed by atoms with van der Waals surface area (Å²) < 4.78 is 1.98. The van der Waals surface area contributed by atoms with Crippen molar-refractivity contribution < 1.29 is 0 Å². The van der Waals surface area contributed by atoms with E-state index in [0.717, 1.165) is 16.9 Å². The van der Waals surface area contributed by atoms with E-state index >= 15 is 0 Å². The van der Waals surface area contributed by atoms with Gasteiger partial charge in [0, 0.05) is 11.1 Å². The third kappa shape index (κ3) is 2.69. The zero-order valence-corrected chi connectivity index (χ0v) is 12.7. The average molecular weight is 303 g/mol. The van der Waals surface area contributed by atoms with Crippen LogP contribution in [0.5, 0.6) is 0 Å². The number of aryl methyl sites for hydroxylation is 1. The largest absolute Gasteiger partial charge is 0.286 e. The van der Waals surface area contributed by atoms with Gasteiger partial charge in [0.1, 0.15) is 0 Å². The van der Waals surface area contributed by atoms with Crippen molar-refractivity contribution in [3.05, 3.63) is 70.3 Å². The van der Waals surface area contributed by atoms with Crippen LogP contribution in [-0.4, -0.2) is 4.57 Å². The van der Waals surface area contributed by atoms with Gasteiger partial charge in [-0.2, -0.15) is 0 Å². The Balaban J connectivity index is 0.00000147. The number of hydrogen-bond acceptors (Lipinski definition) is 2. The number of thiazole rings is 1. The average Bonchev–Trinajstić information content (AvgIpc) is 2.82. The van der Waals surface area contributed by atoms with Crippen molar-refractivity contribution in [1.82, 2.24) is 4.57 Å². The molecule has 0 fully saturated rings. The Morgan fingerprint density at radius 3 is 2.25 bits per heavy atom. The molecule has 0 saturated carbocycles. The summed E-state index contributed by atoms with van der Waals surface area (Å²) >= 11 is 1.45. The van der Waals surface area contributed by atoms with Crippen LogP contribution in [0.4, 0.5) is 0 Å². The normalized spacial score (nSPS) is 10.1. The van der Waals surface area contributed by atoms with Crippen molar-refractivity contribution in [2.75, 3.05) is 0 Å². The Kier molecular flexibility index (Phi) is 4.42. The van der Waals surface area contributed by atoms with Gasteiger partial charge in [-0.1, -0.05) is 48.0 Å². The fourth-order valence-electron chi connectivity index (χ4n) is 2.08. The minimum absolute atomic E-state index is 0. The standard InChI is InChI=1S/C16H14N2S.ClH/c1-12-7-9-13(10-8-12)15-11-19-16(17)18(15)14-5-3-2-4-6-14;/h2-11,17H,1H3;1H. The zero-order chi connectivity index (χ0) is 13.2. The lowest BCUT2D eigenvalue weighted by atomic mass is 10.1. The van der Waals surface area contributed by atoms with E-state index in [1.54, 1.807) is 0 Å². The van der Waals surface area contributed by atoms with Crippen molar-refractivity contribution in [2.24, 2.45) is 0 Å². The molecule has 0 saturated heterocycles. The highest BCUT2D eigenvalue weighted by atomic mass is 35.5. The molecule has 0 aliphatic carbocycles. The van der Waals surface area contributed by atoms with Gasteiger partial charge in [-0.05, 0) is 24.6 Å². The number of hydrogen-bond donors (Lipinski definition) is 1. The van der Waals surface area contributed by atoms with Crippen LogP contribution in [0.2, 0.25) is 0 Å². The molecule has 0 amide bonds. The highest BCUT2D eigenvalue weighted by Crippen LogP contribution is 2.23. The molecule has 1 heterocycles. The lowest BCUT2D eigenvalue weighted by molar-refractivity contribution is 0.987. The monoisotopic (exact) mass is 302 g/mol.